The van der Waals surface area contributed by atoms with Gasteiger partial charge in [-0.15, -0.1) is 11.3 Å². The Hall–Kier alpha value is -0.850. The van der Waals surface area contributed by atoms with Crippen molar-refractivity contribution in [3.8, 4) is 0 Å². The number of alkyl halides is 1. The number of halogens is 1. The zero-order valence-electron chi connectivity index (χ0n) is 8.76. The van der Waals surface area contributed by atoms with Gasteiger partial charge in [-0.2, -0.15) is 0 Å². The van der Waals surface area contributed by atoms with Gasteiger partial charge in [-0.25, -0.2) is 8.42 Å². The molecular formula is C11H10BrNO2S2. The molecule has 0 radical (unpaired) electrons. The molecule has 0 unspecified atom stereocenters. The van der Waals surface area contributed by atoms with Crippen molar-refractivity contribution < 1.29 is 8.42 Å². The van der Waals surface area contributed by atoms with E-state index in [2.05, 4.69) is 20.7 Å². The largest absolute Gasteiger partial charge is 0.279 e. The molecule has 6 heteroatoms. The first-order valence-electron chi connectivity index (χ1n) is 4.83. The minimum absolute atomic E-state index is 0.321. The molecule has 0 aliphatic carbocycles. The molecule has 2 aromatic rings. The predicted molar refractivity (Wildman–Crippen MR) is 74.2 cm³/mol. The minimum Gasteiger partial charge on any atom is -0.279 e. The molecule has 1 N–H and O–H groups in total. The number of hydrogen-bond acceptors (Lipinski definition) is 3. The first-order valence-corrected chi connectivity index (χ1v) is 8.32. The maximum atomic E-state index is 12.0. The van der Waals surface area contributed by atoms with Crippen molar-refractivity contribution in [1.29, 1.82) is 0 Å². The number of hydrogen-bond donors (Lipinski definition) is 1. The Morgan fingerprint density at radius 2 is 1.94 bits per heavy atom. The van der Waals surface area contributed by atoms with Crippen LogP contribution in [0.2, 0.25) is 0 Å². The fraction of sp³-hybridized carbons (Fsp3) is 0.0909. The van der Waals surface area contributed by atoms with Crippen LogP contribution in [-0.2, 0) is 15.4 Å². The quantitative estimate of drug-likeness (QED) is 0.872. The zero-order valence-corrected chi connectivity index (χ0v) is 12.0. The average molecular weight is 332 g/mol. The maximum absolute atomic E-state index is 12.0. The van der Waals surface area contributed by atoms with Crippen LogP contribution in [-0.4, -0.2) is 8.42 Å². The van der Waals surface area contributed by atoms with Crippen LogP contribution in [0.5, 0.6) is 0 Å². The van der Waals surface area contributed by atoms with E-state index < -0.39 is 10.0 Å². The van der Waals surface area contributed by atoms with Crippen LogP contribution in [0.3, 0.4) is 0 Å². The van der Waals surface area contributed by atoms with Gasteiger partial charge in [0.05, 0.1) is 5.69 Å². The molecule has 2 rings (SSSR count). The van der Waals surface area contributed by atoms with E-state index in [0.717, 1.165) is 5.56 Å². The molecule has 1 heterocycles. The molecule has 90 valence electrons. The molecule has 17 heavy (non-hydrogen) atoms. The average Bonchev–Trinajstić information content (AvgIpc) is 2.83. The van der Waals surface area contributed by atoms with Gasteiger partial charge >= 0.3 is 0 Å². The summed E-state index contributed by atoms with van der Waals surface area (Å²) in [6.07, 6.45) is 0. The SMILES string of the molecule is O=S(=O)(Nc1ccccc1CBr)c1cccs1. The minimum atomic E-state index is -3.45. The molecule has 1 aromatic heterocycles. The van der Waals surface area contributed by atoms with Crippen molar-refractivity contribution in [3.63, 3.8) is 0 Å². The summed E-state index contributed by atoms with van der Waals surface area (Å²) in [6.45, 7) is 0. The van der Waals surface area contributed by atoms with Gasteiger partial charge < -0.3 is 0 Å². The topological polar surface area (TPSA) is 46.2 Å². The zero-order chi connectivity index (χ0) is 12.3. The van der Waals surface area contributed by atoms with Crippen LogP contribution in [0.25, 0.3) is 0 Å². The summed E-state index contributed by atoms with van der Waals surface area (Å²) in [7, 11) is -3.45. The van der Waals surface area contributed by atoms with E-state index in [-0.39, 0.29) is 0 Å². The van der Waals surface area contributed by atoms with Crippen molar-refractivity contribution >= 4 is 43.0 Å². The highest BCUT2D eigenvalue weighted by Gasteiger charge is 2.16. The van der Waals surface area contributed by atoms with Crippen LogP contribution < -0.4 is 4.72 Å². The van der Waals surface area contributed by atoms with Crippen molar-refractivity contribution in [2.75, 3.05) is 4.72 Å². The van der Waals surface area contributed by atoms with Gasteiger partial charge in [0.1, 0.15) is 4.21 Å². The Balaban J connectivity index is 2.33. The second-order valence-corrected chi connectivity index (χ2v) is 6.75. The van der Waals surface area contributed by atoms with Crippen LogP contribution in [0, 0.1) is 0 Å². The third kappa shape index (κ3) is 2.88. The Morgan fingerprint density at radius 1 is 1.18 bits per heavy atom. The summed E-state index contributed by atoms with van der Waals surface area (Å²) in [5.41, 5.74) is 1.52. The second-order valence-electron chi connectivity index (χ2n) is 3.33. The van der Waals surface area contributed by atoms with Crippen molar-refractivity contribution in [3.05, 3.63) is 47.3 Å². The lowest BCUT2D eigenvalue weighted by Gasteiger charge is -2.09. The highest BCUT2D eigenvalue weighted by Crippen LogP contribution is 2.23. The number of rotatable bonds is 4. The number of para-hydroxylation sites is 1. The van der Waals surface area contributed by atoms with E-state index in [9.17, 15) is 8.42 Å². The fourth-order valence-corrected chi connectivity index (χ4v) is 3.93. The lowest BCUT2D eigenvalue weighted by Crippen LogP contribution is -2.12. The Labute approximate surface area is 113 Å². The van der Waals surface area contributed by atoms with E-state index in [4.69, 9.17) is 0 Å². The van der Waals surface area contributed by atoms with Gasteiger partial charge in [-0.05, 0) is 23.1 Å². The third-order valence-electron chi connectivity index (χ3n) is 2.17. The predicted octanol–water partition coefficient (Wildman–Crippen LogP) is 3.44. The van der Waals surface area contributed by atoms with Gasteiger partial charge in [-0.1, -0.05) is 40.2 Å². The highest BCUT2D eigenvalue weighted by molar-refractivity contribution is 9.08. The molecule has 0 bridgehead atoms. The molecule has 0 saturated heterocycles. The molecule has 0 spiro atoms. The van der Waals surface area contributed by atoms with Crippen LogP contribution in [0.1, 0.15) is 5.56 Å². The molecule has 0 aliphatic heterocycles. The second kappa shape index (κ2) is 5.20. The molecule has 0 fully saturated rings. The van der Waals surface area contributed by atoms with Crippen molar-refractivity contribution in [2.45, 2.75) is 9.54 Å². The first kappa shape index (κ1) is 12.6. The first-order chi connectivity index (χ1) is 8.13. The monoisotopic (exact) mass is 331 g/mol. The number of sulfonamides is 1. The van der Waals surface area contributed by atoms with E-state index in [1.165, 1.54) is 11.3 Å². The molecule has 0 aliphatic rings. The van der Waals surface area contributed by atoms with Crippen molar-refractivity contribution in [2.24, 2.45) is 0 Å². The lowest BCUT2D eigenvalue weighted by atomic mass is 10.2. The molecule has 0 atom stereocenters. The summed E-state index contributed by atoms with van der Waals surface area (Å²) in [4.78, 5) is 0. The summed E-state index contributed by atoms with van der Waals surface area (Å²) in [5.74, 6) is 0. The lowest BCUT2D eigenvalue weighted by molar-refractivity contribution is 0.603. The number of anilines is 1. The highest BCUT2D eigenvalue weighted by atomic mass is 79.9. The Morgan fingerprint density at radius 3 is 2.59 bits per heavy atom. The van der Waals surface area contributed by atoms with E-state index in [1.54, 1.807) is 29.6 Å². The van der Waals surface area contributed by atoms with Crippen LogP contribution in [0.15, 0.2) is 46.0 Å². The van der Waals surface area contributed by atoms with Gasteiger partial charge in [0.2, 0.25) is 0 Å². The number of benzene rings is 1. The van der Waals surface area contributed by atoms with Crippen molar-refractivity contribution in [1.82, 2.24) is 0 Å². The fourth-order valence-electron chi connectivity index (χ4n) is 1.35. The molecule has 0 saturated carbocycles. The molecular weight excluding hydrogens is 322 g/mol. The molecule has 3 nitrogen and oxygen atoms in total. The normalized spacial score (nSPS) is 11.4. The Bertz CT molecular complexity index is 594. The third-order valence-corrected chi connectivity index (χ3v) is 5.53. The standard InChI is InChI=1S/C11H10BrNO2S2/c12-8-9-4-1-2-5-10(9)13-17(14,15)11-6-3-7-16-11/h1-7,13H,8H2. The Kier molecular flexibility index (Phi) is 3.86. The smallest absolute Gasteiger partial charge is 0.271 e. The van der Waals surface area contributed by atoms with Gasteiger partial charge in [-0.3, -0.25) is 4.72 Å². The summed E-state index contributed by atoms with van der Waals surface area (Å²) < 4.78 is 26.9. The van der Waals surface area contributed by atoms with E-state index in [0.29, 0.717) is 15.2 Å². The number of nitrogens with one attached hydrogen (secondary N) is 1. The van der Waals surface area contributed by atoms with Gasteiger partial charge in [0.25, 0.3) is 10.0 Å². The van der Waals surface area contributed by atoms with Crippen LogP contribution in [0.4, 0.5) is 5.69 Å². The van der Waals surface area contributed by atoms with Gasteiger partial charge in [0, 0.05) is 5.33 Å². The molecule has 0 amide bonds. The number of thiophene rings is 1. The van der Waals surface area contributed by atoms with E-state index in [1.807, 2.05) is 12.1 Å². The summed E-state index contributed by atoms with van der Waals surface area (Å²) in [5, 5.41) is 2.35. The summed E-state index contributed by atoms with van der Waals surface area (Å²) in [6, 6.07) is 10.6. The maximum Gasteiger partial charge on any atom is 0.271 e. The molecule has 1 aromatic carbocycles. The summed E-state index contributed by atoms with van der Waals surface area (Å²) >= 11 is 4.53. The van der Waals surface area contributed by atoms with Crippen LogP contribution >= 0.6 is 27.3 Å². The van der Waals surface area contributed by atoms with Gasteiger partial charge in [0.15, 0.2) is 0 Å². The van der Waals surface area contributed by atoms with E-state index >= 15 is 0 Å².